The number of nitrogens with zero attached hydrogens (tertiary/aromatic N) is 2. The third kappa shape index (κ3) is 4.67. The molecule has 5 heteroatoms. The van der Waals surface area contributed by atoms with Crippen LogP contribution in [0.4, 0.5) is 0 Å². The van der Waals surface area contributed by atoms with Gasteiger partial charge in [0.05, 0.1) is 6.33 Å². The SMILES string of the molecule is O=C(NCC[C@H]1CCOC1)c1ccc(-c2ccc(Cn3ccnc3)cc2)cc1. The summed E-state index contributed by atoms with van der Waals surface area (Å²) < 4.78 is 7.41. The van der Waals surface area contributed by atoms with Gasteiger partial charge in [-0.2, -0.15) is 0 Å². The zero-order valence-electron chi connectivity index (χ0n) is 15.9. The van der Waals surface area contributed by atoms with E-state index >= 15 is 0 Å². The lowest BCUT2D eigenvalue weighted by Gasteiger charge is -2.09. The molecule has 0 radical (unpaired) electrons. The van der Waals surface area contributed by atoms with Crippen LogP contribution in [0.5, 0.6) is 0 Å². The van der Waals surface area contributed by atoms with E-state index in [9.17, 15) is 4.79 Å². The van der Waals surface area contributed by atoms with Crippen LogP contribution in [0.15, 0.2) is 67.3 Å². The number of carbonyl (C=O) groups excluding carboxylic acids is 1. The molecule has 0 saturated carbocycles. The molecule has 0 aliphatic carbocycles. The number of benzene rings is 2. The molecule has 1 saturated heterocycles. The van der Waals surface area contributed by atoms with Crippen LogP contribution in [-0.2, 0) is 11.3 Å². The van der Waals surface area contributed by atoms with E-state index in [4.69, 9.17) is 4.74 Å². The lowest BCUT2D eigenvalue weighted by molar-refractivity contribution is 0.0950. The van der Waals surface area contributed by atoms with Crippen molar-refractivity contribution in [3.05, 3.63) is 78.4 Å². The molecule has 1 amide bonds. The quantitative estimate of drug-likeness (QED) is 0.684. The van der Waals surface area contributed by atoms with Crippen LogP contribution < -0.4 is 5.32 Å². The molecule has 1 aliphatic heterocycles. The van der Waals surface area contributed by atoms with Crippen molar-refractivity contribution in [2.24, 2.45) is 5.92 Å². The van der Waals surface area contributed by atoms with E-state index in [1.54, 1.807) is 6.20 Å². The number of rotatable bonds is 7. The van der Waals surface area contributed by atoms with E-state index in [0.717, 1.165) is 43.7 Å². The second-order valence-corrected chi connectivity index (χ2v) is 7.28. The lowest BCUT2D eigenvalue weighted by Crippen LogP contribution is -2.26. The molecule has 144 valence electrons. The van der Waals surface area contributed by atoms with Gasteiger partial charge in [0.25, 0.3) is 5.91 Å². The molecule has 2 heterocycles. The number of aromatic nitrogens is 2. The first kappa shape index (κ1) is 18.4. The highest BCUT2D eigenvalue weighted by molar-refractivity contribution is 5.94. The highest BCUT2D eigenvalue weighted by Gasteiger charge is 2.15. The van der Waals surface area contributed by atoms with Crippen molar-refractivity contribution in [3.8, 4) is 11.1 Å². The maximum atomic E-state index is 12.3. The van der Waals surface area contributed by atoms with Crippen molar-refractivity contribution in [1.29, 1.82) is 0 Å². The monoisotopic (exact) mass is 375 g/mol. The third-order valence-corrected chi connectivity index (χ3v) is 5.22. The van der Waals surface area contributed by atoms with Gasteiger partial charge in [-0.05, 0) is 47.6 Å². The van der Waals surface area contributed by atoms with Crippen LogP contribution in [0.3, 0.4) is 0 Å². The van der Waals surface area contributed by atoms with Gasteiger partial charge in [0.2, 0.25) is 0 Å². The Kier molecular flexibility index (Phi) is 5.83. The number of imidazole rings is 1. The lowest BCUT2D eigenvalue weighted by atomic mass is 10.0. The van der Waals surface area contributed by atoms with Gasteiger partial charge < -0.3 is 14.6 Å². The second kappa shape index (κ2) is 8.85. The van der Waals surface area contributed by atoms with E-state index in [2.05, 4.69) is 34.6 Å². The van der Waals surface area contributed by atoms with Crippen molar-refractivity contribution in [1.82, 2.24) is 14.9 Å². The minimum absolute atomic E-state index is 0.0128. The molecule has 3 aromatic rings. The predicted molar refractivity (Wildman–Crippen MR) is 109 cm³/mol. The molecule has 5 nitrogen and oxygen atoms in total. The second-order valence-electron chi connectivity index (χ2n) is 7.28. The molecule has 1 N–H and O–H groups in total. The number of carbonyl (C=O) groups is 1. The Morgan fingerprint density at radius 2 is 1.86 bits per heavy atom. The van der Waals surface area contributed by atoms with Crippen LogP contribution >= 0.6 is 0 Å². The zero-order chi connectivity index (χ0) is 19.2. The highest BCUT2D eigenvalue weighted by Crippen LogP contribution is 2.21. The summed E-state index contributed by atoms with van der Waals surface area (Å²) in [6.07, 6.45) is 7.65. The Hall–Kier alpha value is -2.92. The Morgan fingerprint density at radius 1 is 1.11 bits per heavy atom. The third-order valence-electron chi connectivity index (χ3n) is 5.22. The summed E-state index contributed by atoms with van der Waals surface area (Å²) in [6.45, 7) is 3.19. The molecule has 0 bridgehead atoms. The number of ether oxygens (including phenoxy) is 1. The smallest absolute Gasteiger partial charge is 0.251 e. The summed E-state index contributed by atoms with van der Waals surface area (Å²) in [4.78, 5) is 16.4. The van der Waals surface area contributed by atoms with E-state index < -0.39 is 0 Å². The van der Waals surface area contributed by atoms with Crippen LogP contribution in [-0.4, -0.2) is 35.2 Å². The fraction of sp³-hybridized carbons (Fsp3) is 0.304. The van der Waals surface area contributed by atoms with Crippen molar-refractivity contribution in [3.63, 3.8) is 0 Å². The fourth-order valence-electron chi connectivity index (χ4n) is 3.51. The molecule has 1 aromatic heterocycles. The average Bonchev–Trinajstić information content (AvgIpc) is 3.43. The predicted octanol–water partition coefficient (Wildman–Crippen LogP) is 3.75. The number of nitrogens with one attached hydrogen (secondary N) is 1. The first-order valence-electron chi connectivity index (χ1n) is 9.79. The van der Waals surface area contributed by atoms with Crippen LogP contribution in [0.25, 0.3) is 11.1 Å². The Bertz CT molecular complexity index is 881. The van der Waals surface area contributed by atoms with Gasteiger partial charge in [-0.15, -0.1) is 0 Å². The summed E-state index contributed by atoms with van der Waals surface area (Å²) in [7, 11) is 0. The Labute approximate surface area is 165 Å². The first-order valence-corrected chi connectivity index (χ1v) is 9.79. The van der Waals surface area contributed by atoms with Gasteiger partial charge in [0, 0.05) is 44.3 Å². The van der Waals surface area contributed by atoms with E-state index in [0.29, 0.717) is 18.0 Å². The molecule has 1 atom stereocenters. The minimum Gasteiger partial charge on any atom is -0.381 e. The maximum Gasteiger partial charge on any atom is 0.251 e. The summed E-state index contributed by atoms with van der Waals surface area (Å²) in [5.74, 6) is 0.570. The molecular formula is C23H25N3O2. The number of hydrogen-bond donors (Lipinski definition) is 1. The number of hydrogen-bond acceptors (Lipinski definition) is 3. The van der Waals surface area contributed by atoms with Gasteiger partial charge >= 0.3 is 0 Å². The molecule has 28 heavy (non-hydrogen) atoms. The normalized spacial score (nSPS) is 16.2. The van der Waals surface area contributed by atoms with Gasteiger partial charge in [0.1, 0.15) is 0 Å². The molecule has 1 aliphatic rings. The molecular weight excluding hydrogens is 350 g/mol. The van der Waals surface area contributed by atoms with Gasteiger partial charge in [-0.3, -0.25) is 4.79 Å². The fourth-order valence-corrected chi connectivity index (χ4v) is 3.51. The van der Waals surface area contributed by atoms with Crippen LogP contribution in [0, 0.1) is 5.92 Å². The highest BCUT2D eigenvalue weighted by atomic mass is 16.5. The van der Waals surface area contributed by atoms with Crippen molar-refractivity contribution in [2.75, 3.05) is 19.8 Å². The van der Waals surface area contributed by atoms with E-state index in [1.165, 1.54) is 5.56 Å². The average molecular weight is 375 g/mol. The first-order chi connectivity index (χ1) is 13.8. The number of amides is 1. The summed E-state index contributed by atoms with van der Waals surface area (Å²) in [6, 6.07) is 16.3. The van der Waals surface area contributed by atoms with Crippen molar-refractivity contribution >= 4 is 5.91 Å². The van der Waals surface area contributed by atoms with Crippen molar-refractivity contribution in [2.45, 2.75) is 19.4 Å². The zero-order valence-corrected chi connectivity index (χ0v) is 15.9. The summed E-state index contributed by atoms with van der Waals surface area (Å²) in [5, 5.41) is 3.01. The minimum atomic E-state index is -0.0128. The van der Waals surface area contributed by atoms with Gasteiger partial charge in [0.15, 0.2) is 0 Å². The largest absolute Gasteiger partial charge is 0.381 e. The summed E-state index contributed by atoms with van der Waals surface area (Å²) >= 11 is 0. The van der Waals surface area contributed by atoms with E-state index in [-0.39, 0.29) is 5.91 Å². The standard InChI is InChI=1S/C23H25N3O2/c27-23(25-11-9-19-10-14-28-16-19)22-7-5-21(6-8-22)20-3-1-18(2-4-20)15-26-13-12-24-17-26/h1-8,12-13,17,19H,9-11,14-16H2,(H,25,27)/t19-/m0/s1. The van der Waals surface area contributed by atoms with E-state index in [1.807, 2.05) is 41.4 Å². The van der Waals surface area contributed by atoms with Crippen molar-refractivity contribution < 1.29 is 9.53 Å². The Balaban J connectivity index is 1.32. The molecule has 0 unspecified atom stereocenters. The van der Waals surface area contributed by atoms with Crippen LogP contribution in [0.2, 0.25) is 0 Å². The van der Waals surface area contributed by atoms with Gasteiger partial charge in [-0.1, -0.05) is 36.4 Å². The maximum absolute atomic E-state index is 12.3. The molecule has 4 rings (SSSR count). The topological polar surface area (TPSA) is 56.1 Å². The molecule has 1 fully saturated rings. The summed E-state index contributed by atoms with van der Waals surface area (Å²) in [5.41, 5.74) is 4.17. The van der Waals surface area contributed by atoms with Gasteiger partial charge in [-0.25, -0.2) is 4.98 Å². The van der Waals surface area contributed by atoms with Crippen LogP contribution in [0.1, 0.15) is 28.8 Å². The molecule has 2 aromatic carbocycles. The Morgan fingerprint density at radius 3 is 2.50 bits per heavy atom. The molecule has 0 spiro atoms.